The number of phenolic OH excluding ortho intramolecular Hbond substituents is 1. The third-order valence-electron chi connectivity index (χ3n) is 3.07. The SMILES string of the molecule is Cc1nc2ccc(NCc3cc(Br)c(O)c(Br)c3)cc2s1. The number of halogens is 2. The van der Waals surface area contributed by atoms with E-state index in [9.17, 15) is 5.11 Å². The standard InChI is InChI=1S/C15H12Br2N2OS/c1-8-19-13-3-2-10(6-14(13)21-8)18-7-9-4-11(16)15(20)12(17)5-9/h2-6,18,20H,7H2,1H3. The summed E-state index contributed by atoms with van der Waals surface area (Å²) >= 11 is 8.38. The molecular formula is C15H12Br2N2OS. The van der Waals surface area contributed by atoms with Crippen LogP contribution in [0.4, 0.5) is 5.69 Å². The molecule has 2 N–H and O–H groups in total. The Bertz CT molecular complexity index is 794. The number of anilines is 1. The number of phenols is 1. The van der Waals surface area contributed by atoms with Crippen LogP contribution < -0.4 is 5.32 Å². The minimum Gasteiger partial charge on any atom is -0.506 e. The van der Waals surface area contributed by atoms with Crippen molar-refractivity contribution >= 4 is 59.1 Å². The number of nitrogens with one attached hydrogen (secondary N) is 1. The highest BCUT2D eigenvalue weighted by Gasteiger charge is 2.06. The van der Waals surface area contributed by atoms with Gasteiger partial charge in [0.15, 0.2) is 0 Å². The van der Waals surface area contributed by atoms with Crippen molar-refractivity contribution in [2.45, 2.75) is 13.5 Å². The van der Waals surface area contributed by atoms with Gasteiger partial charge in [-0.1, -0.05) is 0 Å². The third kappa shape index (κ3) is 3.22. The van der Waals surface area contributed by atoms with Gasteiger partial charge >= 0.3 is 0 Å². The smallest absolute Gasteiger partial charge is 0.143 e. The van der Waals surface area contributed by atoms with E-state index in [1.54, 1.807) is 11.3 Å². The Labute approximate surface area is 143 Å². The summed E-state index contributed by atoms with van der Waals surface area (Å²) in [4.78, 5) is 4.46. The van der Waals surface area contributed by atoms with Gasteiger partial charge in [-0.2, -0.15) is 0 Å². The Morgan fingerprint density at radius 3 is 2.62 bits per heavy atom. The quantitative estimate of drug-likeness (QED) is 0.584. The molecule has 0 atom stereocenters. The molecule has 0 aliphatic rings. The van der Waals surface area contributed by atoms with E-state index in [4.69, 9.17) is 0 Å². The van der Waals surface area contributed by atoms with Gasteiger partial charge in [-0.25, -0.2) is 4.98 Å². The van der Waals surface area contributed by atoms with Crippen molar-refractivity contribution in [1.29, 1.82) is 0 Å². The van der Waals surface area contributed by atoms with E-state index in [-0.39, 0.29) is 5.75 Å². The minimum absolute atomic E-state index is 0.223. The highest BCUT2D eigenvalue weighted by molar-refractivity contribution is 9.11. The van der Waals surface area contributed by atoms with E-state index in [1.165, 1.54) is 4.70 Å². The predicted octanol–water partition coefficient (Wildman–Crippen LogP) is 5.45. The van der Waals surface area contributed by atoms with Crippen LogP contribution in [0.1, 0.15) is 10.6 Å². The van der Waals surface area contributed by atoms with E-state index >= 15 is 0 Å². The average Bonchev–Trinajstić information content (AvgIpc) is 2.81. The topological polar surface area (TPSA) is 45.2 Å². The van der Waals surface area contributed by atoms with Gasteiger partial charge < -0.3 is 10.4 Å². The first-order valence-corrected chi connectivity index (χ1v) is 8.71. The normalized spacial score (nSPS) is 11.0. The van der Waals surface area contributed by atoms with Gasteiger partial charge in [0.1, 0.15) is 5.75 Å². The number of hydrogen-bond donors (Lipinski definition) is 2. The molecule has 0 bridgehead atoms. The number of hydrogen-bond acceptors (Lipinski definition) is 4. The van der Waals surface area contributed by atoms with Gasteiger partial charge in [0, 0.05) is 12.2 Å². The Morgan fingerprint density at radius 1 is 1.19 bits per heavy atom. The Morgan fingerprint density at radius 2 is 1.90 bits per heavy atom. The number of fused-ring (bicyclic) bond motifs is 1. The Balaban J connectivity index is 1.79. The molecule has 0 unspecified atom stereocenters. The van der Waals surface area contributed by atoms with Crippen LogP contribution in [0.15, 0.2) is 39.3 Å². The van der Waals surface area contributed by atoms with Crippen LogP contribution >= 0.6 is 43.2 Å². The molecule has 0 aliphatic carbocycles. The molecule has 3 aromatic rings. The van der Waals surface area contributed by atoms with Crippen molar-refractivity contribution < 1.29 is 5.11 Å². The van der Waals surface area contributed by atoms with Gasteiger partial charge in [-0.15, -0.1) is 11.3 Å². The zero-order valence-electron chi connectivity index (χ0n) is 11.2. The van der Waals surface area contributed by atoms with E-state index in [1.807, 2.05) is 31.2 Å². The van der Waals surface area contributed by atoms with Crippen LogP contribution in [0.3, 0.4) is 0 Å². The lowest BCUT2D eigenvalue weighted by atomic mass is 10.2. The molecule has 0 radical (unpaired) electrons. The second kappa shape index (κ2) is 5.94. The van der Waals surface area contributed by atoms with Crippen molar-refractivity contribution in [1.82, 2.24) is 4.98 Å². The summed E-state index contributed by atoms with van der Waals surface area (Å²) in [6.07, 6.45) is 0. The summed E-state index contributed by atoms with van der Waals surface area (Å²) in [5.74, 6) is 0.223. The second-order valence-electron chi connectivity index (χ2n) is 4.68. The summed E-state index contributed by atoms with van der Waals surface area (Å²) in [6, 6.07) is 9.99. The Hall–Kier alpha value is -1.11. The summed E-state index contributed by atoms with van der Waals surface area (Å²) in [6.45, 7) is 2.70. The van der Waals surface area contributed by atoms with Crippen molar-refractivity contribution in [3.05, 3.63) is 49.8 Å². The lowest BCUT2D eigenvalue weighted by Crippen LogP contribution is -1.99. The monoisotopic (exact) mass is 426 g/mol. The maximum Gasteiger partial charge on any atom is 0.143 e. The Kier molecular flexibility index (Phi) is 4.19. The van der Waals surface area contributed by atoms with Crippen LogP contribution in [-0.4, -0.2) is 10.1 Å². The highest BCUT2D eigenvalue weighted by atomic mass is 79.9. The summed E-state index contributed by atoms with van der Waals surface area (Å²) < 4.78 is 2.55. The number of aromatic nitrogens is 1. The molecule has 0 amide bonds. The lowest BCUT2D eigenvalue weighted by Gasteiger charge is -2.09. The van der Waals surface area contributed by atoms with Gasteiger partial charge in [0.25, 0.3) is 0 Å². The van der Waals surface area contributed by atoms with E-state index in [0.29, 0.717) is 15.5 Å². The van der Waals surface area contributed by atoms with Crippen LogP contribution in [0.5, 0.6) is 5.75 Å². The van der Waals surface area contributed by atoms with Crippen molar-refractivity contribution in [3.63, 3.8) is 0 Å². The first-order valence-electron chi connectivity index (χ1n) is 6.31. The summed E-state index contributed by atoms with van der Waals surface area (Å²) in [7, 11) is 0. The third-order valence-corrected chi connectivity index (χ3v) is 5.21. The maximum atomic E-state index is 9.72. The van der Waals surface area contributed by atoms with Crippen molar-refractivity contribution in [3.8, 4) is 5.75 Å². The zero-order valence-corrected chi connectivity index (χ0v) is 15.1. The van der Waals surface area contributed by atoms with Crippen molar-refractivity contribution in [2.75, 3.05) is 5.32 Å². The fourth-order valence-corrected chi connectivity index (χ4v) is 4.22. The molecule has 0 fully saturated rings. The molecule has 1 aromatic heterocycles. The zero-order chi connectivity index (χ0) is 15.0. The molecular weight excluding hydrogens is 416 g/mol. The molecule has 108 valence electrons. The second-order valence-corrected chi connectivity index (χ2v) is 7.62. The van der Waals surface area contributed by atoms with E-state index < -0.39 is 0 Å². The van der Waals surface area contributed by atoms with Crippen LogP contribution in [-0.2, 0) is 6.54 Å². The molecule has 0 saturated carbocycles. The molecule has 6 heteroatoms. The van der Waals surface area contributed by atoms with E-state index in [2.05, 4.69) is 48.2 Å². The number of benzene rings is 2. The van der Waals surface area contributed by atoms with Gasteiger partial charge in [-0.05, 0) is 74.7 Å². The lowest BCUT2D eigenvalue weighted by molar-refractivity contribution is 0.468. The largest absolute Gasteiger partial charge is 0.506 e. The molecule has 0 aliphatic heterocycles. The average molecular weight is 428 g/mol. The number of rotatable bonds is 3. The number of aryl methyl sites for hydroxylation is 1. The van der Waals surface area contributed by atoms with Crippen LogP contribution in [0.2, 0.25) is 0 Å². The molecule has 3 nitrogen and oxygen atoms in total. The molecule has 2 aromatic carbocycles. The van der Waals surface area contributed by atoms with Crippen LogP contribution in [0, 0.1) is 6.92 Å². The van der Waals surface area contributed by atoms with Gasteiger partial charge in [-0.3, -0.25) is 0 Å². The van der Waals surface area contributed by atoms with Crippen molar-refractivity contribution in [2.24, 2.45) is 0 Å². The fraction of sp³-hybridized carbons (Fsp3) is 0.133. The first-order chi connectivity index (χ1) is 10.0. The molecule has 1 heterocycles. The molecule has 21 heavy (non-hydrogen) atoms. The van der Waals surface area contributed by atoms with Crippen LogP contribution in [0.25, 0.3) is 10.2 Å². The van der Waals surface area contributed by atoms with E-state index in [0.717, 1.165) is 21.8 Å². The number of aromatic hydroxyl groups is 1. The van der Waals surface area contributed by atoms with Gasteiger partial charge in [0.05, 0.1) is 24.2 Å². The molecule has 3 rings (SSSR count). The predicted molar refractivity (Wildman–Crippen MR) is 95.2 cm³/mol. The first kappa shape index (κ1) is 14.8. The van der Waals surface area contributed by atoms with Gasteiger partial charge in [0.2, 0.25) is 0 Å². The molecule has 0 spiro atoms. The number of nitrogens with zero attached hydrogens (tertiary/aromatic N) is 1. The summed E-state index contributed by atoms with van der Waals surface area (Å²) in [5, 5.41) is 14.2. The molecule has 0 saturated heterocycles. The minimum atomic E-state index is 0.223. The fourth-order valence-electron chi connectivity index (χ4n) is 2.07. The highest BCUT2D eigenvalue weighted by Crippen LogP contribution is 2.33. The maximum absolute atomic E-state index is 9.72. The summed E-state index contributed by atoms with van der Waals surface area (Å²) in [5.41, 5.74) is 3.18. The number of thiazole rings is 1.